The van der Waals surface area contributed by atoms with E-state index in [0.29, 0.717) is 17.6 Å². The first-order valence-corrected chi connectivity index (χ1v) is 7.34. The lowest BCUT2D eigenvalue weighted by atomic mass is 9.84. The van der Waals surface area contributed by atoms with Crippen LogP contribution >= 0.6 is 0 Å². The molecule has 0 fully saturated rings. The van der Waals surface area contributed by atoms with Crippen molar-refractivity contribution >= 4 is 0 Å². The monoisotopic (exact) mass is 268 g/mol. The van der Waals surface area contributed by atoms with Gasteiger partial charge >= 0.3 is 0 Å². The molecule has 2 aromatic carbocycles. The number of aromatic hydroxyl groups is 1. The molecule has 1 N–H and O–H groups in total. The minimum Gasteiger partial charge on any atom is -0.507 e. The summed E-state index contributed by atoms with van der Waals surface area (Å²) in [5.74, 6) is 1.23. The lowest BCUT2D eigenvalue weighted by molar-refractivity contribution is 0.477. The Labute approximate surface area is 122 Å². The number of hydrogen-bond donors (Lipinski definition) is 1. The number of rotatable bonds is 3. The van der Waals surface area contributed by atoms with E-state index in [0.717, 1.165) is 5.56 Å². The average molecular weight is 268 g/mol. The molecule has 20 heavy (non-hydrogen) atoms. The topological polar surface area (TPSA) is 20.2 Å². The molecule has 0 saturated carbocycles. The van der Waals surface area contributed by atoms with Crippen LogP contribution in [0.2, 0.25) is 0 Å². The Bertz CT molecular complexity index is 583. The van der Waals surface area contributed by atoms with Crippen LogP contribution in [-0.2, 0) is 0 Å². The molecule has 2 rings (SSSR count). The summed E-state index contributed by atoms with van der Waals surface area (Å²) in [6.07, 6.45) is 0. The fraction of sp³-hybridized carbons (Fsp3) is 0.368. The Morgan fingerprint density at radius 2 is 1.40 bits per heavy atom. The van der Waals surface area contributed by atoms with Crippen molar-refractivity contribution in [2.75, 3.05) is 0 Å². The van der Waals surface area contributed by atoms with Crippen LogP contribution in [0.4, 0.5) is 0 Å². The molecule has 0 heterocycles. The zero-order chi connectivity index (χ0) is 14.9. The van der Waals surface area contributed by atoms with Gasteiger partial charge < -0.3 is 5.11 Å². The SMILES string of the molecule is Cc1ccc(O)c(-c2c(C(C)C)cccc2C(C)C)c1. The summed E-state index contributed by atoms with van der Waals surface area (Å²) in [6.45, 7) is 10.9. The summed E-state index contributed by atoms with van der Waals surface area (Å²) < 4.78 is 0. The van der Waals surface area contributed by atoms with E-state index in [1.807, 2.05) is 6.07 Å². The van der Waals surface area contributed by atoms with E-state index in [1.165, 1.54) is 22.3 Å². The minimum absolute atomic E-state index is 0.366. The summed E-state index contributed by atoms with van der Waals surface area (Å²) in [5.41, 5.74) is 5.94. The average Bonchev–Trinajstić information content (AvgIpc) is 2.40. The molecule has 1 heteroatoms. The van der Waals surface area contributed by atoms with E-state index in [9.17, 15) is 5.11 Å². The van der Waals surface area contributed by atoms with Gasteiger partial charge in [0.15, 0.2) is 0 Å². The Balaban J connectivity index is 2.79. The molecule has 0 radical (unpaired) electrons. The summed E-state index contributed by atoms with van der Waals surface area (Å²) in [4.78, 5) is 0. The van der Waals surface area contributed by atoms with Gasteiger partial charge in [0.2, 0.25) is 0 Å². The molecule has 0 aliphatic rings. The fourth-order valence-corrected chi connectivity index (χ4v) is 2.71. The molecule has 0 aromatic heterocycles. The second-order valence-corrected chi connectivity index (χ2v) is 6.14. The first-order valence-electron chi connectivity index (χ1n) is 7.34. The Morgan fingerprint density at radius 1 is 0.850 bits per heavy atom. The number of aryl methyl sites for hydroxylation is 1. The Hall–Kier alpha value is -1.76. The highest BCUT2D eigenvalue weighted by Gasteiger charge is 2.17. The van der Waals surface area contributed by atoms with Gasteiger partial charge in [-0.3, -0.25) is 0 Å². The smallest absolute Gasteiger partial charge is 0.123 e. The fourth-order valence-electron chi connectivity index (χ4n) is 2.71. The normalized spacial score (nSPS) is 11.3. The molecular weight excluding hydrogens is 244 g/mol. The van der Waals surface area contributed by atoms with Gasteiger partial charge in [0.25, 0.3) is 0 Å². The molecule has 0 aliphatic heterocycles. The van der Waals surface area contributed by atoms with Crippen LogP contribution < -0.4 is 0 Å². The van der Waals surface area contributed by atoms with Crippen LogP contribution in [0.3, 0.4) is 0 Å². The van der Waals surface area contributed by atoms with E-state index in [-0.39, 0.29) is 0 Å². The lowest BCUT2D eigenvalue weighted by Gasteiger charge is -2.21. The predicted octanol–water partition coefficient (Wildman–Crippen LogP) is 5.61. The number of hydrogen-bond acceptors (Lipinski definition) is 1. The van der Waals surface area contributed by atoms with Crippen LogP contribution in [-0.4, -0.2) is 5.11 Å². The third-order valence-corrected chi connectivity index (χ3v) is 3.79. The van der Waals surface area contributed by atoms with Crippen molar-refractivity contribution in [3.05, 3.63) is 53.1 Å². The maximum atomic E-state index is 10.3. The molecule has 0 saturated heterocycles. The van der Waals surface area contributed by atoms with Gasteiger partial charge in [0.05, 0.1) is 0 Å². The summed E-state index contributed by atoms with van der Waals surface area (Å²) in [5, 5.41) is 10.3. The van der Waals surface area contributed by atoms with Crippen molar-refractivity contribution in [3.8, 4) is 16.9 Å². The van der Waals surface area contributed by atoms with Gasteiger partial charge in [-0.1, -0.05) is 57.5 Å². The lowest BCUT2D eigenvalue weighted by Crippen LogP contribution is -2.00. The summed E-state index contributed by atoms with van der Waals surface area (Å²) >= 11 is 0. The quantitative estimate of drug-likeness (QED) is 0.766. The molecule has 0 spiro atoms. The number of phenolic OH excluding ortho intramolecular Hbond substituents is 1. The molecule has 0 bridgehead atoms. The van der Waals surface area contributed by atoms with Crippen molar-refractivity contribution in [2.45, 2.75) is 46.5 Å². The predicted molar refractivity (Wildman–Crippen MR) is 86.5 cm³/mol. The molecule has 0 amide bonds. The summed E-state index contributed by atoms with van der Waals surface area (Å²) in [7, 11) is 0. The highest BCUT2D eigenvalue weighted by Crippen LogP contribution is 2.40. The molecule has 1 nitrogen and oxygen atoms in total. The Kier molecular flexibility index (Phi) is 4.17. The second kappa shape index (κ2) is 5.70. The maximum Gasteiger partial charge on any atom is 0.123 e. The van der Waals surface area contributed by atoms with Crippen molar-refractivity contribution in [1.82, 2.24) is 0 Å². The van der Waals surface area contributed by atoms with E-state index < -0.39 is 0 Å². The Morgan fingerprint density at radius 3 is 1.90 bits per heavy atom. The minimum atomic E-state index is 0.366. The number of phenols is 1. The van der Waals surface area contributed by atoms with Crippen LogP contribution in [0.1, 0.15) is 56.2 Å². The van der Waals surface area contributed by atoms with Crippen molar-refractivity contribution in [1.29, 1.82) is 0 Å². The zero-order valence-electron chi connectivity index (χ0n) is 13.1. The van der Waals surface area contributed by atoms with Crippen LogP contribution in [0.15, 0.2) is 36.4 Å². The molecule has 106 valence electrons. The standard InChI is InChI=1S/C19H24O/c1-12(2)15-7-6-8-16(13(3)4)19(15)17-11-14(5)9-10-18(17)20/h6-13,20H,1-5H3. The van der Waals surface area contributed by atoms with E-state index >= 15 is 0 Å². The largest absolute Gasteiger partial charge is 0.507 e. The van der Waals surface area contributed by atoms with E-state index in [1.54, 1.807) is 6.07 Å². The maximum absolute atomic E-state index is 10.3. The first-order chi connectivity index (χ1) is 9.41. The zero-order valence-corrected chi connectivity index (χ0v) is 13.1. The van der Waals surface area contributed by atoms with Crippen LogP contribution in [0.25, 0.3) is 11.1 Å². The highest BCUT2D eigenvalue weighted by atomic mass is 16.3. The molecule has 0 unspecified atom stereocenters. The van der Waals surface area contributed by atoms with Gasteiger partial charge in [0, 0.05) is 5.56 Å². The molecule has 0 atom stereocenters. The third kappa shape index (κ3) is 2.72. The van der Waals surface area contributed by atoms with Crippen molar-refractivity contribution in [2.24, 2.45) is 0 Å². The summed E-state index contributed by atoms with van der Waals surface area (Å²) in [6, 6.07) is 12.3. The van der Waals surface area contributed by atoms with Gasteiger partial charge in [0.1, 0.15) is 5.75 Å². The molecule has 2 aromatic rings. The molecular formula is C19H24O. The van der Waals surface area contributed by atoms with Crippen LogP contribution in [0, 0.1) is 6.92 Å². The van der Waals surface area contributed by atoms with Gasteiger partial charge in [-0.25, -0.2) is 0 Å². The van der Waals surface area contributed by atoms with Crippen molar-refractivity contribution in [3.63, 3.8) is 0 Å². The van der Waals surface area contributed by atoms with Gasteiger partial charge in [-0.05, 0) is 47.6 Å². The van der Waals surface area contributed by atoms with E-state index in [4.69, 9.17) is 0 Å². The first kappa shape index (κ1) is 14.6. The van der Waals surface area contributed by atoms with Gasteiger partial charge in [-0.15, -0.1) is 0 Å². The van der Waals surface area contributed by atoms with Crippen molar-refractivity contribution < 1.29 is 5.11 Å². The third-order valence-electron chi connectivity index (χ3n) is 3.79. The van der Waals surface area contributed by atoms with Gasteiger partial charge in [-0.2, -0.15) is 0 Å². The van der Waals surface area contributed by atoms with Crippen LogP contribution in [0.5, 0.6) is 5.75 Å². The number of benzene rings is 2. The highest BCUT2D eigenvalue weighted by molar-refractivity contribution is 5.77. The molecule has 0 aliphatic carbocycles. The second-order valence-electron chi connectivity index (χ2n) is 6.14. The van der Waals surface area contributed by atoms with E-state index in [2.05, 4.69) is 58.9 Å².